The number of esters is 1. The van der Waals surface area contributed by atoms with Crippen molar-refractivity contribution >= 4 is 55.8 Å². The van der Waals surface area contributed by atoms with Gasteiger partial charge >= 0.3 is 16.0 Å². The van der Waals surface area contributed by atoms with E-state index >= 15 is 17.6 Å². The number of quaternary nitrogens is 1. The number of benzene rings is 6. The molecule has 2 unspecified atom stereocenters. The average molecular weight is 1050 g/mol. The Balaban J connectivity index is 1.20. The van der Waals surface area contributed by atoms with Crippen molar-refractivity contribution < 1.29 is 48.7 Å². The van der Waals surface area contributed by atoms with Crippen LogP contribution in [0.15, 0.2) is 116 Å². The molecule has 5 aromatic rings. The molecule has 1 fully saturated rings. The third kappa shape index (κ3) is 11.7. The van der Waals surface area contributed by atoms with Gasteiger partial charge in [0, 0.05) is 63.3 Å². The summed E-state index contributed by atoms with van der Waals surface area (Å²) in [6.45, 7) is 7.99. The Hall–Kier alpha value is -6.04. The van der Waals surface area contributed by atoms with Crippen LogP contribution in [0, 0.1) is 28.5 Å². The van der Waals surface area contributed by atoms with Gasteiger partial charge in [-0.1, -0.05) is 108 Å². The molecule has 390 valence electrons. The van der Waals surface area contributed by atoms with Gasteiger partial charge < -0.3 is 24.4 Å². The minimum atomic E-state index is -5.01. The van der Waals surface area contributed by atoms with Gasteiger partial charge in [-0.25, -0.2) is 22.6 Å². The Labute approximate surface area is 434 Å². The minimum absolute atomic E-state index is 0.0277. The molecule has 16 heteroatoms. The lowest BCUT2D eigenvalue weighted by Crippen LogP contribution is -2.45. The molecule has 0 amide bonds. The van der Waals surface area contributed by atoms with Crippen LogP contribution in [0.2, 0.25) is 0 Å². The van der Waals surface area contributed by atoms with Crippen molar-refractivity contribution in [2.75, 3.05) is 37.9 Å². The van der Waals surface area contributed by atoms with E-state index in [0.29, 0.717) is 51.6 Å². The lowest BCUT2D eigenvalue weighted by Gasteiger charge is -2.37. The molecule has 5 aromatic carbocycles. The number of nitrogens with one attached hydrogen (secondary N) is 1. The molecular weight excluding hydrogens is 991 g/mol. The minimum Gasteiger partial charge on any atom is -0.617 e. The van der Waals surface area contributed by atoms with E-state index in [-0.39, 0.29) is 35.3 Å². The van der Waals surface area contributed by atoms with Gasteiger partial charge in [-0.05, 0) is 78.3 Å². The standard InChI is InChI=1S/C58H61F4N3O7S2/c1-6-14-36-18-12-19-37(15-7-2)56(36)63-40-24-26-43-47(32-40)72-48-33-41(64-57-38(16-8-3)20-13-21-39(57)17-9-4)25-27-44(48)51(43)45-22-10-11-23-49(45)74(68,69)65(5,67)30-28-46-52(59)54(61)58(55(62)53(46)60)73-31-29-50(66)71-35-42-34-70-42/h10-13,18-27,32-33,42,63H,6-9,14-17,28-31,34-35H2,1-5H3. The number of sulfonamides is 1. The average Bonchev–Trinajstić information content (AvgIpc) is 4.23. The fourth-order valence-electron chi connectivity index (χ4n) is 9.29. The number of rotatable bonds is 23. The van der Waals surface area contributed by atoms with Gasteiger partial charge in [0.15, 0.2) is 23.3 Å². The van der Waals surface area contributed by atoms with Gasteiger partial charge in [0.1, 0.15) is 28.9 Å². The van der Waals surface area contributed by atoms with Crippen molar-refractivity contribution in [3.05, 3.63) is 159 Å². The molecule has 74 heavy (non-hydrogen) atoms. The van der Waals surface area contributed by atoms with Crippen LogP contribution in [0.4, 0.5) is 34.6 Å². The van der Waals surface area contributed by atoms with Crippen LogP contribution < -0.4 is 10.7 Å². The maximum Gasteiger partial charge on any atom is 0.327 e. The lowest BCUT2D eigenvalue weighted by atomic mass is 9.93. The maximum absolute atomic E-state index is 15.6. The molecule has 1 aliphatic carbocycles. The molecule has 1 N–H and O–H groups in total. The summed E-state index contributed by atoms with van der Waals surface area (Å²) in [5, 5.41) is 19.3. The summed E-state index contributed by atoms with van der Waals surface area (Å²) in [4.78, 5) is 15.9. The van der Waals surface area contributed by atoms with Crippen molar-refractivity contribution in [3.8, 4) is 22.5 Å². The Kier molecular flexibility index (Phi) is 17.3. The van der Waals surface area contributed by atoms with Crippen LogP contribution in [0.25, 0.3) is 33.4 Å². The number of carbonyl (C=O) groups is 1. The number of nitrogens with zero attached hydrogens (tertiary/aromatic N) is 2. The fourth-order valence-corrected chi connectivity index (χ4v) is 11.6. The van der Waals surface area contributed by atoms with Crippen LogP contribution in [-0.4, -0.2) is 57.1 Å². The van der Waals surface area contributed by atoms with E-state index in [1.165, 1.54) is 23.3 Å². The monoisotopic (exact) mass is 1050 g/mol. The summed E-state index contributed by atoms with van der Waals surface area (Å²) < 4.78 is 106. The fraction of sp³-hybridized carbons (Fsp3) is 0.345. The first kappa shape index (κ1) is 54.2. The van der Waals surface area contributed by atoms with Gasteiger partial charge in [0.25, 0.3) is 0 Å². The topological polar surface area (TPSA) is 134 Å². The number of hydrogen-bond donors (Lipinski definition) is 1. The van der Waals surface area contributed by atoms with E-state index in [9.17, 15) is 18.4 Å². The van der Waals surface area contributed by atoms with Crippen molar-refractivity contribution in [1.29, 1.82) is 0 Å². The molecule has 1 saturated heterocycles. The van der Waals surface area contributed by atoms with E-state index < -0.39 is 66.7 Å². The van der Waals surface area contributed by atoms with Gasteiger partial charge in [-0.2, -0.15) is 8.42 Å². The number of para-hydroxylation sites is 2. The molecule has 2 atom stereocenters. The van der Waals surface area contributed by atoms with E-state index in [4.69, 9.17) is 18.9 Å². The Morgan fingerprint density at radius 2 is 1.38 bits per heavy atom. The summed E-state index contributed by atoms with van der Waals surface area (Å²) >= 11 is 0.386. The number of hydrogen-bond acceptors (Lipinski definition) is 10. The van der Waals surface area contributed by atoms with Crippen molar-refractivity contribution in [2.24, 2.45) is 4.99 Å². The predicted molar refractivity (Wildman–Crippen MR) is 283 cm³/mol. The molecule has 3 aliphatic rings. The molecule has 2 heterocycles. The number of hydroxylamine groups is 2. The van der Waals surface area contributed by atoms with Gasteiger partial charge in [0.2, 0.25) is 0 Å². The highest BCUT2D eigenvalue weighted by atomic mass is 32.2. The Morgan fingerprint density at radius 1 is 0.770 bits per heavy atom. The zero-order valence-electron chi connectivity index (χ0n) is 42.3. The van der Waals surface area contributed by atoms with Gasteiger partial charge in [-0.3, -0.25) is 8.85 Å². The quantitative estimate of drug-likeness (QED) is 0.00971. The van der Waals surface area contributed by atoms with Crippen LogP contribution in [-0.2, 0) is 56.4 Å². The van der Waals surface area contributed by atoms with Crippen molar-refractivity contribution in [1.82, 2.24) is 0 Å². The molecule has 0 radical (unpaired) electrons. The second kappa shape index (κ2) is 23.7. The zero-order chi connectivity index (χ0) is 52.7. The number of halogens is 4. The van der Waals surface area contributed by atoms with Crippen molar-refractivity contribution in [2.45, 2.75) is 108 Å². The highest BCUT2D eigenvalue weighted by Gasteiger charge is 2.36. The first-order valence-corrected chi connectivity index (χ1v) is 27.7. The molecule has 0 spiro atoms. The highest BCUT2D eigenvalue weighted by Crippen LogP contribution is 2.45. The smallest absolute Gasteiger partial charge is 0.327 e. The number of thioether (sulfide) groups is 1. The maximum atomic E-state index is 15.6. The number of ether oxygens (including phenoxy) is 2. The van der Waals surface area contributed by atoms with E-state index in [1.807, 2.05) is 36.4 Å². The SMILES string of the molecule is CCCc1cccc(CCC)c1N=c1ccc2c(-c3ccccc3S(=O)(=O)[N+](C)([O-])CCc3c(F)c(F)c(SCCC(=O)OCC4CO4)c(F)c3F)c3ccc(Nc4c(CCC)cccc4CCC)cc3oc-2c1. The highest BCUT2D eigenvalue weighted by molar-refractivity contribution is 7.99. The molecule has 0 saturated carbocycles. The van der Waals surface area contributed by atoms with Gasteiger partial charge in [-0.15, -0.1) is 11.8 Å². The number of aryl methyl sites for hydroxylation is 4. The molecule has 8 rings (SSSR count). The first-order chi connectivity index (χ1) is 35.6. The predicted octanol–water partition coefficient (Wildman–Crippen LogP) is 13.8. The third-order valence-corrected chi connectivity index (χ3v) is 16.3. The van der Waals surface area contributed by atoms with Crippen LogP contribution in [0.3, 0.4) is 0 Å². The summed E-state index contributed by atoms with van der Waals surface area (Å²) in [6.07, 6.45) is 5.69. The molecular formula is C58H61F4N3O7S2. The summed E-state index contributed by atoms with van der Waals surface area (Å²) in [5.74, 6) is -7.53. The summed E-state index contributed by atoms with van der Waals surface area (Å²) in [6, 6.07) is 29.6. The first-order valence-electron chi connectivity index (χ1n) is 25.3. The second-order valence-electron chi connectivity index (χ2n) is 18.7. The van der Waals surface area contributed by atoms with E-state index in [2.05, 4.69) is 69.4 Å². The number of anilines is 2. The largest absolute Gasteiger partial charge is 0.617 e. The normalized spacial score (nSPS) is 14.7. The second-order valence-corrected chi connectivity index (χ2v) is 22.0. The van der Waals surface area contributed by atoms with Crippen molar-refractivity contribution in [3.63, 3.8) is 0 Å². The molecule has 0 bridgehead atoms. The number of carbonyl (C=O) groups excluding carboxylic acids is 1. The Morgan fingerprint density at radius 3 is 2.00 bits per heavy atom. The van der Waals surface area contributed by atoms with Crippen LogP contribution in [0.1, 0.15) is 87.6 Å². The number of epoxide rings is 1. The molecule has 2 aliphatic heterocycles. The third-order valence-electron chi connectivity index (χ3n) is 13.1. The lowest BCUT2D eigenvalue weighted by molar-refractivity contribution is -0.729. The summed E-state index contributed by atoms with van der Waals surface area (Å²) in [5.41, 5.74) is 7.64. The van der Waals surface area contributed by atoms with E-state index in [1.54, 1.807) is 12.1 Å². The molecule has 10 nitrogen and oxygen atoms in total. The molecule has 0 aromatic heterocycles. The summed E-state index contributed by atoms with van der Waals surface area (Å²) in [7, 11) is -4.19. The number of likely N-dealkylation sites (N-methyl/N-ethyl adjacent to an activating group) is 1. The van der Waals surface area contributed by atoms with Crippen LogP contribution >= 0.6 is 11.8 Å². The number of fused-ring (bicyclic) bond motifs is 2. The van der Waals surface area contributed by atoms with E-state index in [0.717, 1.165) is 86.6 Å². The van der Waals surface area contributed by atoms with Crippen LogP contribution in [0.5, 0.6) is 0 Å². The Bertz CT molecular complexity index is 3260. The zero-order valence-corrected chi connectivity index (χ0v) is 43.9. The van der Waals surface area contributed by atoms with Gasteiger partial charge in [0.05, 0.1) is 42.6 Å².